The van der Waals surface area contributed by atoms with E-state index >= 15 is 0 Å². The van der Waals surface area contributed by atoms with Gasteiger partial charge in [-0.05, 0) is 46.9 Å². The topological polar surface area (TPSA) is 117 Å². The van der Waals surface area contributed by atoms with Crippen LogP contribution in [-0.2, 0) is 24.4 Å². The number of aliphatic hydroxyl groups excluding tert-OH is 1. The van der Waals surface area contributed by atoms with E-state index in [1.165, 1.54) is 24.3 Å². The van der Waals surface area contributed by atoms with Gasteiger partial charge in [-0.2, -0.15) is 0 Å². The molecule has 0 aliphatic carbocycles. The number of hydrogen-bond donors (Lipinski definition) is 4. The molecule has 0 saturated carbocycles. The largest absolute Gasteiger partial charge is 0.508 e. The van der Waals surface area contributed by atoms with E-state index in [0.717, 1.165) is 11.1 Å². The van der Waals surface area contributed by atoms with Crippen LogP contribution in [0.3, 0.4) is 0 Å². The smallest absolute Gasteiger partial charge is 0.273 e. The third kappa shape index (κ3) is 7.37. The zero-order valence-electron chi connectivity index (χ0n) is 21.5. The fourth-order valence-corrected chi connectivity index (χ4v) is 3.95. The number of carbonyl (C=O) groups is 2. The summed E-state index contributed by atoms with van der Waals surface area (Å²) < 4.78 is 12.1. The van der Waals surface area contributed by atoms with E-state index in [4.69, 9.17) is 9.47 Å². The number of benzene rings is 4. The Bertz CT molecular complexity index is 1410. The van der Waals surface area contributed by atoms with Gasteiger partial charge in [0, 0.05) is 6.07 Å². The molecule has 39 heavy (non-hydrogen) atoms. The van der Waals surface area contributed by atoms with E-state index in [1.807, 2.05) is 67.6 Å². The lowest BCUT2D eigenvalue weighted by molar-refractivity contribution is -0.130. The number of amides is 2. The van der Waals surface area contributed by atoms with Crippen molar-refractivity contribution < 1.29 is 29.3 Å². The molecular weight excluding hydrogens is 496 g/mol. The van der Waals surface area contributed by atoms with Gasteiger partial charge in [0.2, 0.25) is 0 Å². The van der Waals surface area contributed by atoms with Gasteiger partial charge in [-0.25, -0.2) is 0 Å². The molecule has 2 amide bonds. The van der Waals surface area contributed by atoms with Crippen molar-refractivity contribution in [2.45, 2.75) is 32.7 Å². The first-order valence-electron chi connectivity index (χ1n) is 12.5. The third-order valence-electron chi connectivity index (χ3n) is 5.98. The first-order valence-corrected chi connectivity index (χ1v) is 12.5. The van der Waals surface area contributed by atoms with Crippen molar-refractivity contribution in [3.8, 4) is 17.2 Å². The van der Waals surface area contributed by atoms with Gasteiger partial charge in [0.1, 0.15) is 30.5 Å². The molecule has 200 valence electrons. The molecule has 1 atom stereocenters. The highest BCUT2D eigenvalue weighted by atomic mass is 16.5. The maximum atomic E-state index is 13.3. The van der Waals surface area contributed by atoms with Crippen LogP contribution >= 0.6 is 0 Å². The average molecular weight is 527 g/mol. The minimum absolute atomic E-state index is 0.0919. The van der Waals surface area contributed by atoms with Crippen LogP contribution in [0.25, 0.3) is 0 Å². The van der Waals surface area contributed by atoms with Gasteiger partial charge in [0.25, 0.3) is 11.8 Å². The van der Waals surface area contributed by atoms with E-state index < -0.39 is 17.9 Å². The number of carbonyl (C=O) groups excluding carboxylic acids is 2. The zero-order valence-corrected chi connectivity index (χ0v) is 21.5. The summed E-state index contributed by atoms with van der Waals surface area (Å²) in [6.45, 7) is 2.46. The quantitative estimate of drug-likeness (QED) is 0.224. The Kier molecular flexibility index (Phi) is 9.16. The molecule has 0 aliphatic rings. The van der Waals surface area contributed by atoms with E-state index in [9.17, 15) is 19.8 Å². The number of aryl methyl sites for hydroxylation is 1. The van der Waals surface area contributed by atoms with Crippen molar-refractivity contribution in [2.24, 2.45) is 0 Å². The molecule has 1 unspecified atom stereocenters. The second-order valence-electron chi connectivity index (χ2n) is 8.80. The Hall–Kier alpha value is -4.82. The summed E-state index contributed by atoms with van der Waals surface area (Å²) >= 11 is 0. The van der Waals surface area contributed by atoms with Crippen LogP contribution in [0.15, 0.2) is 97.1 Å². The van der Waals surface area contributed by atoms with Crippen LogP contribution in [0.5, 0.6) is 17.2 Å². The second-order valence-corrected chi connectivity index (χ2v) is 8.80. The van der Waals surface area contributed by atoms with Gasteiger partial charge in [0.15, 0.2) is 6.10 Å². The van der Waals surface area contributed by atoms with Gasteiger partial charge in [0.05, 0.1) is 5.56 Å². The molecule has 0 spiro atoms. The van der Waals surface area contributed by atoms with Gasteiger partial charge in [-0.3, -0.25) is 20.4 Å². The first-order chi connectivity index (χ1) is 18.9. The van der Waals surface area contributed by atoms with Crippen molar-refractivity contribution in [1.82, 2.24) is 10.9 Å². The maximum absolute atomic E-state index is 13.3. The van der Waals surface area contributed by atoms with Crippen LogP contribution in [0.4, 0.5) is 0 Å². The minimum atomic E-state index is -1.59. The molecular formula is C31H30N2O6. The molecule has 0 radical (unpaired) electrons. The molecule has 0 aromatic heterocycles. The lowest BCUT2D eigenvalue weighted by Gasteiger charge is -2.18. The normalized spacial score (nSPS) is 11.3. The van der Waals surface area contributed by atoms with Crippen molar-refractivity contribution in [2.75, 3.05) is 0 Å². The van der Waals surface area contributed by atoms with Crippen molar-refractivity contribution in [3.63, 3.8) is 0 Å². The monoisotopic (exact) mass is 526 g/mol. The van der Waals surface area contributed by atoms with Crippen LogP contribution < -0.4 is 20.3 Å². The maximum Gasteiger partial charge on any atom is 0.273 e. The number of hydrogen-bond acceptors (Lipinski definition) is 6. The molecule has 0 bridgehead atoms. The number of ether oxygens (including phenoxy) is 2. The molecule has 0 heterocycles. The lowest BCUT2D eigenvalue weighted by atomic mass is 10.0. The standard InChI is InChI=1S/C31H30N2O6/c1-2-23-17-26(38-19-21-10-5-3-6-11-21)18-27(39-20-22-12-7-4-8-13-22)28(23)30(36)32-33-31(37)29(35)24-14-9-15-25(34)16-24/h3-18,29,34-35H,2,19-20H2,1H3,(H,32,36)(H,33,37). The number of phenolic OH excluding ortho intramolecular Hbond substituents is 1. The summed E-state index contributed by atoms with van der Waals surface area (Å²) in [6.07, 6.45) is -1.10. The van der Waals surface area contributed by atoms with Crippen molar-refractivity contribution in [3.05, 3.63) is 125 Å². The highest BCUT2D eigenvalue weighted by molar-refractivity contribution is 6.00. The van der Waals surface area contributed by atoms with Gasteiger partial charge >= 0.3 is 0 Å². The summed E-state index contributed by atoms with van der Waals surface area (Å²) in [7, 11) is 0. The van der Waals surface area contributed by atoms with E-state index in [0.29, 0.717) is 30.1 Å². The molecule has 8 nitrogen and oxygen atoms in total. The molecule has 4 aromatic carbocycles. The summed E-state index contributed by atoms with van der Waals surface area (Å²) in [4.78, 5) is 25.8. The van der Waals surface area contributed by atoms with Gasteiger partial charge in [-0.1, -0.05) is 79.7 Å². The highest BCUT2D eigenvalue weighted by Gasteiger charge is 2.22. The van der Waals surface area contributed by atoms with Crippen LogP contribution in [-0.4, -0.2) is 22.0 Å². The zero-order chi connectivity index (χ0) is 27.6. The Morgan fingerprint density at radius 3 is 2.05 bits per heavy atom. The molecule has 4 aromatic rings. The van der Waals surface area contributed by atoms with E-state index in [-0.39, 0.29) is 23.5 Å². The van der Waals surface area contributed by atoms with Crippen LogP contribution in [0.2, 0.25) is 0 Å². The molecule has 0 fully saturated rings. The number of aliphatic hydroxyl groups is 1. The van der Waals surface area contributed by atoms with E-state index in [2.05, 4.69) is 10.9 Å². The molecule has 4 N–H and O–H groups in total. The van der Waals surface area contributed by atoms with Crippen LogP contribution in [0.1, 0.15) is 45.6 Å². The number of rotatable bonds is 10. The Labute approximate surface area is 226 Å². The fourth-order valence-electron chi connectivity index (χ4n) is 3.95. The number of phenols is 1. The summed E-state index contributed by atoms with van der Waals surface area (Å²) in [5, 5.41) is 20.0. The summed E-state index contributed by atoms with van der Waals surface area (Å²) in [6, 6.07) is 28.4. The number of aromatic hydroxyl groups is 1. The van der Waals surface area contributed by atoms with E-state index in [1.54, 1.807) is 12.1 Å². The average Bonchev–Trinajstić information content (AvgIpc) is 2.97. The SMILES string of the molecule is CCc1cc(OCc2ccccc2)cc(OCc2ccccc2)c1C(=O)NNC(=O)C(O)c1cccc(O)c1. The Morgan fingerprint density at radius 1 is 0.795 bits per heavy atom. The predicted molar refractivity (Wildman–Crippen MR) is 146 cm³/mol. The second kappa shape index (κ2) is 13.1. The Balaban J connectivity index is 1.54. The third-order valence-corrected chi connectivity index (χ3v) is 5.98. The van der Waals surface area contributed by atoms with Gasteiger partial charge < -0.3 is 19.7 Å². The molecule has 4 rings (SSSR count). The summed E-state index contributed by atoms with van der Waals surface area (Å²) in [5.41, 5.74) is 7.62. The summed E-state index contributed by atoms with van der Waals surface area (Å²) in [5.74, 6) is -0.728. The van der Waals surface area contributed by atoms with Crippen molar-refractivity contribution >= 4 is 11.8 Å². The molecule has 0 aliphatic heterocycles. The fraction of sp³-hybridized carbons (Fsp3) is 0.161. The molecule has 0 saturated heterocycles. The van der Waals surface area contributed by atoms with Crippen LogP contribution in [0, 0.1) is 0 Å². The van der Waals surface area contributed by atoms with Gasteiger partial charge in [-0.15, -0.1) is 0 Å². The van der Waals surface area contributed by atoms with Crippen molar-refractivity contribution in [1.29, 1.82) is 0 Å². The number of hydrazine groups is 1. The highest BCUT2D eigenvalue weighted by Crippen LogP contribution is 2.31. The predicted octanol–water partition coefficient (Wildman–Crippen LogP) is 4.61. The first kappa shape index (κ1) is 27.2. The minimum Gasteiger partial charge on any atom is -0.508 e. The molecule has 8 heteroatoms. The Morgan fingerprint density at radius 2 is 1.44 bits per heavy atom. The number of nitrogens with one attached hydrogen (secondary N) is 2. The lowest BCUT2D eigenvalue weighted by Crippen LogP contribution is -2.44.